The standard InChI is InChI=1S/C24H24N2O4/c1-28-20-4-2-3-18-9-14-30-24(22(18)20)10-12-26(13-11-24)23(27)19-7-5-17(6-8-19)21-15-25-16-29-21/h2-8,15-16H,9-14H2,1H3. The smallest absolute Gasteiger partial charge is 0.253 e. The number of methoxy groups -OCH3 is 1. The number of piperidine rings is 1. The van der Waals surface area contributed by atoms with Crippen LogP contribution in [-0.2, 0) is 16.8 Å². The fourth-order valence-electron chi connectivity index (χ4n) is 4.68. The molecule has 3 aromatic rings. The highest BCUT2D eigenvalue weighted by Gasteiger charge is 2.43. The largest absolute Gasteiger partial charge is 0.496 e. The van der Waals surface area contributed by atoms with Gasteiger partial charge in [0.25, 0.3) is 5.91 Å². The van der Waals surface area contributed by atoms with Crippen molar-refractivity contribution < 1.29 is 18.7 Å². The summed E-state index contributed by atoms with van der Waals surface area (Å²) in [5.74, 6) is 1.62. The highest BCUT2D eigenvalue weighted by molar-refractivity contribution is 5.94. The molecular formula is C24H24N2O4. The van der Waals surface area contributed by atoms with Crippen molar-refractivity contribution in [3.05, 3.63) is 71.7 Å². The van der Waals surface area contributed by atoms with Gasteiger partial charge in [0.1, 0.15) is 11.4 Å². The van der Waals surface area contributed by atoms with Gasteiger partial charge in [0, 0.05) is 29.8 Å². The van der Waals surface area contributed by atoms with Crippen LogP contribution in [0.5, 0.6) is 5.75 Å². The van der Waals surface area contributed by atoms with Crippen LogP contribution in [-0.4, -0.2) is 42.6 Å². The first-order valence-electron chi connectivity index (χ1n) is 10.3. The Hall–Kier alpha value is -3.12. The zero-order chi connectivity index (χ0) is 20.6. The van der Waals surface area contributed by atoms with E-state index in [0.717, 1.165) is 30.6 Å². The molecule has 5 rings (SSSR count). The molecule has 30 heavy (non-hydrogen) atoms. The van der Waals surface area contributed by atoms with Crippen molar-refractivity contribution in [3.8, 4) is 17.1 Å². The number of ether oxygens (including phenoxy) is 2. The topological polar surface area (TPSA) is 64.8 Å². The number of carbonyl (C=O) groups is 1. The van der Waals surface area contributed by atoms with Gasteiger partial charge in [-0.3, -0.25) is 4.79 Å². The number of aromatic nitrogens is 1. The minimum Gasteiger partial charge on any atom is -0.496 e. The third-order valence-corrected chi connectivity index (χ3v) is 6.24. The molecular weight excluding hydrogens is 380 g/mol. The van der Waals surface area contributed by atoms with Crippen LogP contribution in [0.3, 0.4) is 0 Å². The van der Waals surface area contributed by atoms with Crippen molar-refractivity contribution in [3.63, 3.8) is 0 Å². The SMILES string of the molecule is COc1cccc2c1C1(CCN(C(=O)c3ccc(-c4cnco4)cc3)CC1)OCC2. The van der Waals surface area contributed by atoms with Crippen LogP contribution in [0.15, 0.2) is 59.5 Å². The lowest BCUT2D eigenvalue weighted by Crippen LogP contribution is -2.48. The Balaban J connectivity index is 1.33. The number of benzene rings is 2. The van der Waals surface area contributed by atoms with Gasteiger partial charge < -0.3 is 18.8 Å². The second-order valence-electron chi connectivity index (χ2n) is 7.82. The molecule has 1 spiro atoms. The molecule has 0 bridgehead atoms. The van der Waals surface area contributed by atoms with Gasteiger partial charge in [0.05, 0.1) is 19.9 Å². The summed E-state index contributed by atoms with van der Waals surface area (Å²) in [6, 6.07) is 13.7. The number of carbonyl (C=O) groups excluding carboxylic acids is 1. The van der Waals surface area contributed by atoms with E-state index in [1.54, 1.807) is 13.3 Å². The molecule has 2 aliphatic rings. The fraction of sp³-hybridized carbons (Fsp3) is 0.333. The van der Waals surface area contributed by atoms with E-state index in [9.17, 15) is 4.79 Å². The van der Waals surface area contributed by atoms with E-state index in [0.29, 0.717) is 31.0 Å². The number of nitrogens with zero attached hydrogens (tertiary/aromatic N) is 2. The van der Waals surface area contributed by atoms with E-state index >= 15 is 0 Å². The lowest BCUT2D eigenvalue weighted by atomic mass is 9.78. The van der Waals surface area contributed by atoms with Crippen molar-refractivity contribution in [2.45, 2.75) is 24.9 Å². The molecule has 1 aromatic heterocycles. The molecule has 0 atom stereocenters. The fourth-order valence-corrected chi connectivity index (χ4v) is 4.68. The predicted octanol–water partition coefficient (Wildman–Crippen LogP) is 4.05. The van der Waals surface area contributed by atoms with Gasteiger partial charge in [0.15, 0.2) is 12.2 Å². The van der Waals surface area contributed by atoms with Gasteiger partial charge in [-0.1, -0.05) is 24.3 Å². The number of rotatable bonds is 3. The molecule has 0 radical (unpaired) electrons. The Kier molecular flexibility index (Phi) is 4.79. The summed E-state index contributed by atoms with van der Waals surface area (Å²) in [5, 5.41) is 0. The molecule has 0 saturated carbocycles. The van der Waals surface area contributed by atoms with E-state index in [-0.39, 0.29) is 11.5 Å². The number of likely N-dealkylation sites (tertiary alicyclic amines) is 1. The molecule has 0 N–H and O–H groups in total. The van der Waals surface area contributed by atoms with Crippen molar-refractivity contribution >= 4 is 5.91 Å². The summed E-state index contributed by atoms with van der Waals surface area (Å²) in [4.78, 5) is 18.9. The van der Waals surface area contributed by atoms with Gasteiger partial charge in [-0.05, 0) is 43.0 Å². The van der Waals surface area contributed by atoms with Crippen LogP contribution in [0.1, 0.15) is 34.3 Å². The van der Waals surface area contributed by atoms with Crippen LogP contribution in [0, 0.1) is 0 Å². The molecule has 3 heterocycles. The van der Waals surface area contributed by atoms with E-state index in [2.05, 4.69) is 11.1 Å². The number of hydrogen-bond donors (Lipinski definition) is 0. The van der Waals surface area contributed by atoms with E-state index in [1.807, 2.05) is 41.3 Å². The molecule has 6 nitrogen and oxygen atoms in total. The first-order chi connectivity index (χ1) is 14.7. The molecule has 154 valence electrons. The predicted molar refractivity (Wildman–Crippen MR) is 111 cm³/mol. The minimum atomic E-state index is -0.368. The van der Waals surface area contributed by atoms with Gasteiger partial charge in [-0.2, -0.15) is 0 Å². The quantitative estimate of drug-likeness (QED) is 0.659. The number of oxazole rings is 1. The number of amides is 1. The van der Waals surface area contributed by atoms with Gasteiger partial charge >= 0.3 is 0 Å². The highest BCUT2D eigenvalue weighted by atomic mass is 16.5. The summed E-state index contributed by atoms with van der Waals surface area (Å²) in [5.41, 5.74) is 3.68. The zero-order valence-corrected chi connectivity index (χ0v) is 17.0. The Bertz CT molecular complexity index is 1020. The van der Waals surface area contributed by atoms with Crippen molar-refractivity contribution in [1.29, 1.82) is 0 Å². The normalized spacial score (nSPS) is 17.6. The molecule has 2 aliphatic heterocycles. The second kappa shape index (κ2) is 7.61. The molecule has 6 heteroatoms. The highest BCUT2D eigenvalue weighted by Crippen LogP contribution is 2.45. The summed E-state index contributed by atoms with van der Waals surface area (Å²) in [6.45, 7) is 2.01. The maximum atomic E-state index is 13.1. The van der Waals surface area contributed by atoms with Crippen molar-refractivity contribution in [2.24, 2.45) is 0 Å². The third kappa shape index (κ3) is 3.17. The molecule has 0 unspecified atom stereocenters. The molecule has 1 fully saturated rings. The molecule has 1 amide bonds. The Morgan fingerprint density at radius 3 is 2.63 bits per heavy atom. The van der Waals surface area contributed by atoms with Crippen LogP contribution < -0.4 is 4.74 Å². The molecule has 0 aliphatic carbocycles. The Morgan fingerprint density at radius 2 is 1.93 bits per heavy atom. The van der Waals surface area contributed by atoms with E-state index in [4.69, 9.17) is 13.9 Å². The average molecular weight is 404 g/mol. The first-order valence-corrected chi connectivity index (χ1v) is 10.3. The van der Waals surface area contributed by atoms with Gasteiger partial charge in [-0.15, -0.1) is 0 Å². The van der Waals surface area contributed by atoms with Crippen LogP contribution in [0.25, 0.3) is 11.3 Å². The maximum absolute atomic E-state index is 13.1. The summed E-state index contributed by atoms with van der Waals surface area (Å²) >= 11 is 0. The number of hydrogen-bond acceptors (Lipinski definition) is 5. The van der Waals surface area contributed by atoms with Crippen LogP contribution in [0.2, 0.25) is 0 Å². The molecule has 2 aromatic carbocycles. The van der Waals surface area contributed by atoms with Crippen molar-refractivity contribution in [2.75, 3.05) is 26.8 Å². The Labute approximate surface area is 175 Å². The van der Waals surface area contributed by atoms with Crippen LogP contribution in [0.4, 0.5) is 0 Å². The summed E-state index contributed by atoms with van der Waals surface area (Å²) < 4.78 is 17.3. The Morgan fingerprint density at radius 1 is 1.13 bits per heavy atom. The lowest BCUT2D eigenvalue weighted by molar-refractivity contribution is -0.0946. The van der Waals surface area contributed by atoms with Gasteiger partial charge in [-0.25, -0.2) is 4.98 Å². The van der Waals surface area contributed by atoms with Crippen LogP contribution >= 0.6 is 0 Å². The van der Waals surface area contributed by atoms with E-state index in [1.165, 1.54) is 17.5 Å². The van der Waals surface area contributed by atoms with E-state index < -0.39 is 0 Å². The monoisotopic (exact) mass is 404 g/mol. The minimum absolute atomic E-state index is 0.0463. The summed E-state index contributed by atoms with van der Waals surface area (Å²) in [6.07, 6.45) is 5.49. The van der Waals surface area contributed by atoms with Crippen molar-refractivity contribution in [1.82, 2.24) is 9.88 Å². The maximum Gasteiger partial charge on any atom is 0.253 e. The molecule has 1 saturated heterocycles. The third-order valence-electron chi connectivity index (χ3n) is 6.24. The summed E-state index contributed by atoms with van der Waals surface area (Å²) in [7, 11) is 1.71. The lowest BCUT2D eigenvalue weighted by Gasteiger charge is -2.45. The zero-order valence-electron chi connectivity index (χ0n) is 17.0. The average Bonchev–Trinajstić information content (AvgIpc) is 3.34. The number of fused-ring (bicyclic) bond motifs is 2. The first kappa shape index (κ1) is 18.9. The second-order valence-corrected chi connectivity index (χ2v) is 7.82. The van der Waals surface area contributed by atoms with Gasteiger partial charge in [0.2, 0.25) is 0 Å².